The average molecular weight is 494 g/mol. The highest BCUT2D eigenvalue weighted by molar-refractivity contribution is 6.46. The molecule has 192 valence electrons. The number of benzene rings is 2. The van der Waals surface area contributed by atoms with Crippen molar-refractivity contribution in [3.63, 3.8) is 0 Å². The summed E-state index contributed by atoms with van der Waals surface area (Å²) >= 11 is 0. The number of likely N-dealkylation sites (tertiary alicyclic amines) is 1. The Kier molecular flexibility index (Phi) is 8.31. The van der Waals surface area contributed by atoms with E-state index < -0.39 is 17.7 Å². The summed E-state index contributed by atoms with van der Waals surface area (Å²) in [6.07, 6.45) is 4.59. The molecule has 2 aliphatic heterocycles. The van der Waals surface area contributed by atoms with Crippen molar-refractivity contribution in [1.29, 1.82) is 0 Å². The van der Waals surface area contributed by atoms with Crippen LogP contribution >= 0.6 is 0 Å². The molecule has 1 N–H and O–H groups in total. The lowest BCUT2D eigenvalue weighted by molar-refractivity contribution is -0.140. The van der Waals surface area contributed by atoms with Crippen LogP contribution in [0.15, 0.2) is 48.0 Å². The number of hydrogen-bond donors (Lipinski definition) is 1. The van der Waals surface area contributed by atoms with Crippen molar-refractivity contribution in [2.45, 2.75) is 58.1 Å². The van der Waals surface area contributed by atoms with Gasteiger partial charge < -0.3 is 24.2 Å². The molecular weight excluding hydrogens is 458 g/mol. The van der Waals surface area contributed by atoms with Crippen LogP contribution < -0.4 is 9.47 Å². The Morgan fingerprint density at radius 2 is 1.86 bits per heavy atom. The number of fused-ring (bicyclic) bond motifs is 1. The molecule has 2 aromatic carbocycles. The van der Waals surface area contributed by atoms with Gasteiger partial charge in [-0.05, 0) is 61.2 Å². The lowest BCUT2D eigenvalue weighted by Crippen LogP contribution is -2.31. The topological polar surface area (TPSA) is 85.3 Å². The van der Waals surface area contributed by atoms with Crippen molar-refractivity contribution < 1.29 is 28.9 Å². The fourth-order valence-corrected chi connectivity index (χ4v) is 4.85. The van der Waals surface area contributed by atoms with Gasteiger partial charge in [-0.2, -0.15) is 0 Å². The van der Waals surface area contributed by atoms with Crippen LogP contribution in [0.1, 0.15) is 62.3 Å². The third kappa shape index (κ3) is 5.41. The summed E-state index contributed by atoms with van der Waals surface area (Å²) in [5.74, 6) is 0.0505. The normalized spacial score (nSPS) is 20.5. The van der Waals surface area contributed by atoms with E-state index >= 15 is 0 Å². The molecular formula is C29H35NO6. The fourth-order valence-electron chi connectivity index (χ4n) is 4.85. The lowest BCUT2D eigenvalue weighted by Gasteiger charge is -2.25. The summed E-state index contributed by atoms with van der Waals surface area (Å²) in [5.41, 5.74) is 2.32. The predicted octanol–water partition coefficient (Wildman–Crippen LogP) is 5.04. The molecule has 1 saturated heterocycles. The lowest BCUT2D eigenvalue weighted by atomic mass is 9.94. The van der Waals surface area contributed by atoms with Gasteiger partial charge in [-0.25, -0.2) is 0 Å². The number of nitrogens with zero attached hydrogens (tertiary/aromatic N) is 1. The second-order valence-electron chi connectivity index (χ2n) is 9.42. The molecule has 1 fully saturated rings. The van der Waals surface area contributed by atoms with E-state index in [1.54, 1.807) is 13.2 Å². The van der Waals surface area contributed by atoms with Crippen LogP contribution in [0.2, 0.25) is 0 Å². The van der Waals surface area contributed by atoms with E-state index in [1.807, 2.05) is 43.3 Å². The molecule has 1 amide bonds. The van der Waals surface area contributed by atoms with Gasteiger partial charge in [0.25, 0.3) is 11.7 Å². The van der Waals surface area contributed by atoms with E-state index in [-0.39, 0.29) is 17.4 Å². The van der Waals surface area contributed by atoms with Gasteiger partial charge in [0.2, 0.25) is 0 Å². The number of unbranched alkanes of at least 4 members (excludes halogenated alkanes) is 2. The van der Waals surface area contributed by atoms with Crippen molar-refractivity contribution in [3.05, 3.63) is 64.7 Å². The maximum Gasteiger partial charge on any atom is 0.295 e. The number of aliphatic hydroxyl groups excluding tert-OH is 1. The van der Waals surface area contributed by atoms with Gasteiger partial charge in [0.1, 0.15) is 23.4 Å². The number of carbonyl (C=O) groups excluding carboxylic acids is 2. The number of hydrogen-bond acceptors (Lipinski definition) is 6. The molecule has 0 saturated carbocycles. The van der Waals surface area contributed by atoms with Gasteiger partial charge in [-0.3, -0.25) is 9.59 Å². The van der Waals surface area contributed by atoms with Crippen LogP contribution in [0.4, 0.5) is 0 Å². The summed E-state index contributed by atoms with van der Waals surface area (Å²) in [6, 6.07) is 12.1. The van der Waals surface area contributed by atoms with E-state index in [9.17, 15) is 14.7 Å². The molecule has 2 unspecified atom stereocenters. The second-order valence-corrected chi connectivity index (χ2v) is 9.42. The number of ketones is 1. The first-order chi connectivity index (χ1) is 17.4. The fraction of sp³-hybridized carbons (Fsp3) is 0.448. The van der Waals surface area contributed by atoms with Gasteiger partial charge in [0.05, 0.1) is 18.2 Å². The number of carbonyl (C=O) groups is 2. The quantitative estimate of drug-likeness (QED) is 0.204. The molecule has 0 aliphatic carbocycles. The molecule has 4 rings (SSSR count). The molecule has 7 nitrogen and oxygen atoms in total. The maximum absolute atomic E-state index is 13.2. The zero-order valence-corrected chi connectivity index (χ0v) is 21.3. The third-order valence-corrected chi connectivity index (χ3v) is 6.67. The van der Waals surface area contributed by atoms with E-state index in [4.69, 9.17) is 14.2 Å². The zero-order valence-electron chi connectivity index (χ0n) is 21.3. The summed E-state index contributed by atoms with van der Waals surface area (Å²) in [5, 5.41) is 11.3. The minimum atomic E-state index is -0.695. The highest BCUT2D eigenvalue weighted by Gasteiger charge is 2.45. The molecule has 0 radical (unpaired) electrons. The Bertz CT molecular complexity index is 1120. The van der Waals surface area contributed by atoms with Crippen molar-refractivity contribution >= 4 is 17.4 Å². The Hall–Kier alpha value is -3.32. The van der Waals surface area contributed by atoms with Crippen LogP contribution in [0.5, 0.6) is 11.5 Å². The maximum atomic E-state index is 13.2. The van der Waals surface area contributed by atoms with Crippen LogP contribution in [0.3, 0.4) is 0 Å². The summed E-state index contributed by atoms with van der Waals surface area (Å²) in [4.78, 5) is 27.8. The summed E-state index contributed by atoms with van der Waals surface area (Å²) < 4.78 is 16.8. The molecule has 2 aliphatic rings. The van der Waals surface area contributed by atoms with Crippen molar-refractivity contribution in [3.8, 4) is 11.5 Å². The van der Waals surface area contributed by atoms with Crippen molar-refractivity contribution in [2.75, 3.05) is 26.9 Å². The Morgan fingerprint density at radius 1 is 1.08 bits per heavy atom. The number of aliphatic hydroxyl groups is 1. The van der Waals surface area contributed by atoms with Gasteiger partial charge >= 0.3 is 0 Å². The minimum Gasteiger partial charge on any atom is -0.507 e. The van der Waals surface area contributed by atoms with Gasteiger partial charge in [0.15, 0.2) is 0 Å². The van der Waals surface area contributed by atoms with Crippen LogP contribution in [-0.2, 0) is 20.7 Å². The van der Waals surface area contributed by atoms with E-state index in [0.717, 1.165) is 48.3 Å². The SMILES string of the molecule is CCCCCOc1ccc(C2C(=C(O)c3ccc4c(c3)CC(C)O4)C(=O)C(=O)N2CCCOC)cc1. The minimum absolute atomic E-state index is 0.0615. The molecule has 0 spiro atoms. The molecule has 2 aromatic rings. The van der Waals surface area contributed by atoms with E-state index in [2.05, 4.69) is 6.92 Å². The van der Waals surface area contributed by atoms with Gasteiger partial charge in [-0.1, -0.05) is 31.9 Å². The summed E-state index contributed by atoms with van der Waals surface area (Å²) in [7, 11) is 1.60. The Morgan fingerprint density at radius 3 is 2.58 bits per heavy atom. The highest BCUT2D eigenvalue weighted by Crippen LogP contribution is 2.41. The Labute approximate surface area is 212 Å². The number of amides is 1. The number of rotatable bonds is 11. The molecule has 0 aromatic heterocycles. The Balaban J connectivity index is 1.68. The number of Topliss-reactive ketones (excluding diaryl/α,β-unsaturated/α-hetero) is 1. The zero-order chi connectivity index (χ0) is 25.7. The van der Waals surface area contributed by atoms with Crippen LogP contribution in [-0.4, -0.2) is 54.7 Å². The van der Waals surface area contributed by atoms with E-state index in [1.165, 1.54) is 4.90 Å². The number of ether oxygens (including phenoxy) is 3. The van der Waals surface area contributed by atoms with E-state index in [0.29, 0.717) is 31.7 Å². The third-order valence-electron chi connectivity index (χ3n) is 6.67. The highest BCUT2D eigenvalue weighted by atomic mass is 16.5. The predicted molar refractivity (Wildman–Crippen MR) is 137 cm³/mol. The first-order valence-corrected chi connectivity index (χ1v) is 12.7. The standard InChI is InChI=1S/C29H35NO6/c1-4-5-6-16-35-23-11-8-20(9-12-23)26-25(28(32)29(33)30(26)14-7-15-34-3)27(31)21-10-13-24-22(18-21)17-19(2)36-24/h8-13,18-19,26,31H,4-7,14-17H2,1-3H3. The van der Waals surface area contributed by atoms with Crippen molar-refractivity contribution in [1.82, 2.24) is 4.90 Å². The smallest absolute Gasteiger partial charge is 0.295 e. The molecule has 7 heteroatoms. The first-order valence-electron chi connectivity index (χ1n) is 12.7. The summed E-state index contributed by atoms with van der Waals surface area (Å²) in [6.45, 7) is 5.58. The molecule has 2 atom stereocenters. The molecule has 2 heterocycles. The van der Waals surface area contributed by atoms with Gasteiger partial charge in [-0.15, -0.1) is 0 Å². The largest absolute Gasteiger partial charge is 0.507 e. The van der Waals surface area contributed by atoms with Crippen LogP contribution in [0.25, 0.3) is 5.76 Å². The first kappa shape index (κ1) is 25.8. The van der Waals surface area contributed by atoms with Crippen LogP contribution in [0, 0.1) is 0 Å². The number of methoxy groups -OCH3 is 1. The molecule has 36 heavy (non-hydrogen) atoms. The van der Waals surface area contributed by atoms with Gasteiger partial charge in [0, 0.05) is 32.2 Å². The molecule has 0 bridgehead atoms. The monoisotopic (exact) mass is 493 g/mol. The second kappa shape index (κ2) is 11.6. The average Bonchev–Trinajstić information content (AvgIpc) is 3.37. The van der Waals surface area contributed by atoms with Crippen molar-refractivity contribution in [2.24, 2.45) is 0 Å².